The van der Waals surface area contributed by atoms with Crippen molar-refractivity contribution in [2.45, 2.75) is 52.1 Å². The average molecular weight is 515 g/mol. The Balaban J connectivity index is 2.02. The van der Waals surface area contributed by atoms with Gasteiger partial charge in [-0.15, -0.1) is 0 Å². The summed E-state index contributed by atoms with van der Waals surface area (Å²) in [5.74, 6) is -2.65. The van der Waals surface area contributed by atoms with Crippen molar-refractivity contribution in [1.82, 2.24) is 4.31 Å². The molecule has 1 aliphatic heterocycles. The maximum atomic E-state index is 15.2. The Morgan fingerprint density at radius 1 is 1.24 bits per heavy atom. The minimum atomic E-state index is -4.06. The van der Waals surface area contributed by atoms with Gasteiger partial charge < -0.3 is 9.84 Å². The molecule has 34 heavy (non-hydrogen) atoms. The van der Waals surface area contributed by atoms with Crippen LogP contribution in [-0.4, -0.2) is 42.9 Å². The molecule has 1 N–H and O–H groups in total. The molecular weight excluding hydrogens is 486 g/mol. The summed E-state index contributed by atoms with van der Waals surface area (Å²) >= 11 is 5.85. The number of ether oxygens (including phenoxy) is 1. The van der Waals surface area contributed by atoms with Crippen LogP contribution in [0.2, 0.25) is 0 Å². The molecule has 1 heterocycles. The highest BCUT2D eigenvalue weighted by Crippen LogP contribution is 2.34. The van der Waals surface area contributed by atoms with E-state index in [1.165, 1.54) is 41.8 Å². The van der Waals surface area contributed by atoms with E-state index in [0.717, 1.165) is 12.8 Å². The molecule has 1 aromatic rings. The van der Waals surface area contributed by atoms with E-state index in [9.17, 15) is 17.9 Å². The van der Waals surface area contributed by atoms with Crippen molar-refractivity contribution in [2.24, 2.45) is 10.9 Å². The molecule has 2 aliphatic rings. The predicted octanol–water partition coefficient (Wildman–Crippen LogP) is 4.98. The van der Waals surface area contributed by atoms with E-state index in [0.29, 0.717) is 17.9 Å². The normalized spacial score (nSPS) is 22.0. The number of allylic oxidation sites excluding steroid dienone is 4. The van der Waals surface area contributed by atoms with Gasteiger partial charge in [-0.1, -0.05) is 30.5 Å². The Hall–Kier alpha value is -2.07. The van der Waals surface area contributed by atoms with E-state index >= 15 is 4.39 Å². The van der Waals surface area contributed by atoms with Crippen LogP contribution in [0.3, 0.4) is 0 Å². The number of hydrogen-bond donors (Lipinski definition) is 1. The average Bonchev–Trinajstić information content (AvgIpc) is 2.83. The zero-order chi connectivity index (χ0) is 24.9. The van der Waals surface area contributed by atoms with Crippen LogP contribution in [0.5, 0.6) is 0 Å². The molecule has 10 heteroatoms. The summed E-state index contributed by atoms with van der Waals surface area (Å²) < 4.78 is 63.6. The lowest BCUT2D eigenvalue weighted by molar-refractivity contribution is 0.109. The zero-order valence-electron chi connectivity index (χ0n) is 19.2. The number of sulfonamides is 1. The molecule has 1 aromatic carbocycles. The Bertz CT molecular complexity index is 1130. The number of rotatable bonds is 8. The molecular formula is C24H29ClF2N2O4S. The predicted molar refractivity (Wildman–Crippen MR) is 129 cm³/mol. The Morgan fingerprint density at radius 2 is 1.97 bits per heavy atom. The topological polar surface area (TPSA) is 79.2 Å². The highest BCUT2D eigenvalue weighted by atomic mass is 35.5. The molecule has 2 unspecified atom stereocenters. The molecule has 0 amide bonds. The van der Waals surface area contributed by atoms with E-state index in [1.54, 1.807) is 13.0 Å². The summed E-state index contributed by atoms with van der Waals surface area (Å²) in [6, 6.07) is 2.13. The van der Waals surface area contributed by atoms with Crippen LogP contribution < -0.4 is 0 Å². The van der Waals surface area contributed by atoms with Crippen molar-refractivity contribution >= 4 is 27.5 Å². The van der Waals surface area contributed by atoms with Gasteiger partial charge in [0.15, 0.2) is 11.6 Å². The fourth-order valence-corrected chi connectivity index (χ4v) is 5.80. The Labute approximate surface area is 204 Å². The molecule has 6 nitrogen and oxygen atoms in total. The van der Waals surface area contributed by atoms with Crippen molar-refractivity contribution in [3.8, 4) is 0 Å². The van der Waals surface area contributed by atoms with Crippen LogP contribution in [0.1, 0.15) is 50.7 Å². The number of nitrogens with zero attached hydrogens (tertiary/aromatic N) is 2. The van der Waals surface area contributed by atoms with E-state index in [-0.39, 0.29) is 47.5 Å². The lowest BCUT2D eigenvalue weighted by atomic mass is 9.85. The van der Waals surface area contributed by atoms with Crippen LogP contribution in [-0.2, 0) is 21.3 Å². The Morgan fingerprint density at radius 3 is 2.62 bits per heavy atom. The maximum absolute atomic E-state index is 15.2. The molecule has 2 atom stereocenters. The molecule has 0 aromatic heterocycles. The maximum Gasteiger partial charge on any atom is 0.239 e. The smallest absolute Gasteiger partial charge is 0.239 e. The van der Waals surface area contributed by atoms with Gasteiger partial charge in [-0.05, 0) is 56.9 Å². The van der Waals surface area contributed by atoms with Crippen molar-refractivity contribution in [3.63, 3.8) is 0 Å². The first-order valence-electron chi connectivity index (χ1n) is 11.1. The first-order valence-corrected chi connectivity index (χ1v) is 12.9. The number of benzene rings is 1. The molecule has 0 radical (unpaired) electrons. The number of halogens is 3. The molecule has 3 rings (SSSR count). The molecule has 0 bridgehead atoms. The third kappa shape index (κ3) is 5.94. The van der Waals surface area contributed by atoms with Crippen LogP contribution in [0.4, 0.5) is 8.78 Å². The van der Waals surface area contributed by atoms with Gasteiger partial charge in [-0.3, -0.25) is 0 Å². The van der Waals surface area contributed by atoms with Crippen LogP contribution in [0.25, 0.3) is 0 Å². The first-order chi connectivity index (χ1) is 16.2. The molecule has 1 saturated carbocycles. The quantitative estimate of drug-likeness (QED) is 0.496. The van der Waals surface area contributed by atoms with E-state index in [1.807, 2.05) is 0 Å². The van der Waals surface area contributed by atoms with Crippen LogP contribution in [0.15, 0.2) is 51.6 Å². The van der Waals surface area contributed by atoms with Gasteiger partial charge in [0.25, 0.3) is 0 Å². The first kappa shape index (κ1) is 26.5. The summed E-state index contributed by atoms with van der Waals surface area (Å²) in [4.78, 5) is 4.04. The molecule has 1 aliphatic carbocycles. The minimum Gasteiger partial charge on any atom is -0.447 e. The lowest BCUT2D eigenvalue weighted by Gasteiger charge is -2.38. The summed E-state index contributed by atoms with van der Waals surface area (Å²) in [5.41, 5.74) is -0.249. The molecule has 0 saturated heterocycles. The van der Waals surface area contributed by atoms with Gasteiger partial charge >= 0.3 is 0 Å². The number of hydrogen-bond acceptors (Lipinski definition) is 5. The summed E-state index contributed by atoms with van der Waals surface area (Å²) in [7, 11) is -4.06. The summed E-state index contributed by atoms with van der Waals surface area (Å²) in [5, 5.41) is 10.3. The third-order valence-corrected chi connectivity index (χ3v) is 8.16. The fourth-order valence-electron chi connectivity index (χ4n) is 4.19. The zero-order valence-corrected chi connectivity index (χ0v) is 20.7. The monoisotopic (exact) mass is 514 g/mol. The van der Waals surface area contributed by atoms with E-state index in [4.69, 9.17) is 16.3 Å². The minimum absolute atomic E-state index is 0.0176. The van der Waals surface area contributed by atoms with Crippen molar-refractivity contribution in [1.29, 1.82) is 0 Å². The van der Waals surface area contributed by atoms with E-state index in [2.05, 4.69) is 4.99 Å². The van der Waals surface area contributed by atoms with E-state index < -0.39 is 27.7 Å². The van der Waals surface area contributed by atoms with Crippen molar-refractivity contribution < 1.29 is 27.0 Å². The third-order valence-electron chi connectivity index (χ3n) is 6.07. The largest absolute Gasteiger partial charge is 0.447 e. The van der Waals surface area contributed by atoms with Gasteiger partial charge in [-0.2, -0.15) is 4.31 Å². The molecule has 0 spiro atoms. The SMILES string of the molecule is CC(Cl)=CC=C(C)S(=O)(=O)N(Cc1ccc(C2=NCC=CO2)c(F)c1F)C1CCCCC1CO. The number of aliphatic hydroxyl groups is 1. The van der Waals surface area contributed by atoms with Crippen molar-refractivity contribution in [3.05, 3.63) is 69.3 Å². The van der Waals surface area contributed by atoms with Crippen LogP contribution >= 0.6 is 11.6 Å². The fraction of sp³-hybridized carbons (Fsp3) is 0.458. The molecule has 1 fully saturated rings. The number of aliphatic imine (C=N–C) groups is 1. The second-order valence-electron chi connectivity index (χ2n) is 8.41. The summed E-state index contributed by atoms with van der Waals surface area (Å²) in [6.07, 6.45) is 8.64. The highest BCUT2D eigenvalue weighted by molar-refractivity contribution is 7.93. The van der Waals surface area contributed by atoms with Gasteiger partial charge in [0.05, 0.1) is 23.3 Å². The standard InChI is InChI=1S/C24H29ClF2N2O4S/c1-16(25)8-9-17(2)34(31,32)29(21-7-4-3-6-19(21)15-30)14-18-10-11-20(23(27)22(18)26)24-28-12-5-13-33-24/h5,8-11,13,19,21,30H,3-4,6-7,12,14-15H2,1-2H3. The Kier molecular flexibility index (Phi) is 9.03. The van der Waals surface area contributed by atoms with Gasteiger partial charge in [0, 0.05) is 29.8 Å². The van der Waals surface area contributed by atoms with Crippen LogP contribution in [0, 0.1) is 17.6 Å². The van der Waals surface area contributed by atoms with Gasteiger partial charge in [-0.25, -0.2) is 22.2 Å². The second-order valence-corrected chi connectivity index (χ2v) is 11.1. The second kappa shape index (κ2) is 11.6. The van der Waals surface area contributed by atoms with Gasteiger partial charge in [0.2, 0.25) is 15.9 Å². The lowest BCUT2D eigenvalue weighted by Crippen LogP contribution is -2.46. The van der Waals surface area contributed by atoms with Crippen molar-refractivity contribution in [2.75, 3.05) is 13.2 Å². The molecule has 186 valence electrons. The number of aliphatic hydroxyl groups excluding tert-OH is 1. The summed E-state index contributed by atoms with van der Waals surface area (Å²) in [6.45, 7) is 2.77. The van der Waals surface area contributed by atoms with Gasteiger partial charge in [0.1, 0.15) is 0 Å². The highest BCUT2D eigenvalue weighted by Gasteiger charge is 2.38.